The Morgan fingerprint density at radius 3 is 2.50 bits per heavy atom. The summed E-state index contributed by atoms with van der Waals surface area (Å²) in [6.45, 7) is 2.98. The van der Waals surface area contributed by atoms with Crippen LogP contribution in [0.1, 0.15) is 11.7 Å². The summed E-state index contributed by atoms with van der Waals surface area (Å²) in [6, 6.07) is 7.57. The molecule has 76 valence electrons. The summed E-state index contributed by atoms with van der Waals surface area (Å²) in [7, 11) is 1.64. The van der Waals surface area contributed by atoms with E-state index in [0.717, 1.165) is 30.9 Å². The van der Waals surface area contributed by atoms with E-state index in [-0.39, 0.29) is 6.10 Å². The van der Waals surface area contributed by atoms with E-state index in [2.05, 4.69) is 4.90 Å². The average Bonchev–Trinajstić information content (AvgIpc) is 3.02. The van der Waals surface area contributed by atoms with Crippen molar-refractivity contribution < 1.29 is 9.84 Å². The van der Waals surface area contributed by atoms with Crippen LogP contribution < -0.4 is 4.74 Å². The lowest BCUT2D eigenvalue weighted by molar-refractivity contribution is 0.156. The second-order valence-corrected chi connectivity index (χ2v) is 3.59. The standard InChI is InChI=1S/C11H15NO2/c1-14-10-4-2-9(3-5-10)11(13)8-12-6-7-12/h2-5,11,13H,6-8H2,1H3. The van der Waals surface area contributed by atoms with Crippen LogP contribution in [0.5, 0.6) is 5.75 Å². The fourth-order valence-corrected chi connectivity index (χ4v) is 1.43. The third-order valence-corrected chi connectivity index (χ3v) is 2.47. The van der Waals surface area contributed by atoms with Gasteiger partial charge < -0.3 is 9.84 Å². The zero-order chi connectivity index (χ0) is 9.97. The van der Waals surface area contributed by atoms with Gasteiger partial charge in [0.1, 0.15) is 5.75 Å². The van der Waals surface area contributed by atoms with Crippen LogP contribution in [0.3, 0.4) is 0 Å². The van der Waals surface area contributed by atoms with Gasteiger partial charge in [0.15, 0.2) is 0 Å². The van der Waals surface area contributed by atoms with E-state index in [1.54, 1.807) is 7.11 Å². The van der Waals surface area contributed by atoms with E-state index >= 15 is 0 Å². The second-order valence-electron chi connectivity index (χ2n) is 3.59. The van der Waals surface area contributed by atoms with Crippen molar-refractivity contribution in [2.24, 2.45) is 0 Å². The van der Waals surface area contributed by atoms with Gasteiger partial charge in [-0.1, -0.05) is 12.1 Å². The monoisotopic (exact) mass is 193 g/mol. The molecule has 3 nitrogen and oxygen atoms in total. The summed E-state index contributed by atoms with van der Waals surface area (Å²) in [4.78, 5) is 2.20. The molecule has 0 spiro atoms. The van der Waals surface area contributed by atoms with Gasteiger partial charge in [0, 0.05) is 19.6 Å². The van der Waals surface area contributed by atoms with Crippen molar-refractivity contribution in [3.63, 3.8) is 0 Å². The van der Waals surface area contributed by atoms with Gasteiger partial charge in [-0.3, -0.25) is 4.90 Å². The lowest BCUT2D eigenvalue weighted by Gasteiger charge is -2.11. The van der Waals surface area contributed by atoms with Crippen LogP contribution in [-0.4, -0.2) is 36.8 Å². The molecule has 1 heterocycles. The van der Waals surface area contributed by atoms with E-state index < -0.39 is 0 Å². The first-order valence-electron chi connectivity index (χ1n) is 4.84. The number of β-amino-alcohol motifs (C(OH)–C–C–N with tert-alkyl or cyclic N) is 1. The van der Waals surface area contributed by atoms with Gasteiger partial charge in [0.25, 0.3) is 0 Å². The highest BCUT2D eigenvalue weighted by Crippen LogP contribution is 2.20. The number of rotatable bonds is 4. The molecule has 0 aliphatic carbocycles. The molecule has 0 amide bonds. The first-order valence-corrected chi connectivity index (χ1v) is 4.84. The van der Waals surface area contributed by atoms with E-state index in [0.29, 0.717) is 0 Å². The minimum atomic E-state index is -0.372. The van der Waals surface area contributed by atoms with Crippen LogP contribution >= 0.6 is 0 Å². The molecule has 0 aromatic heterocycles. The highest BCUT2D eigenvalue weighted by atomic mass is 16.5. The summed E-state index contributed by atoms with van der Waals surface area (Å²) < 4.78 is 5.05. The Hall–Kier alpha value is -1.06. The van der Waals surface area contributed by atoms with Crippen LogP contribution in [0.2, 0.25) is 0 Å². The quantitative estimate of drug-likeness (QED) is 0.725. The minimum absolute atomic E-state index is 0.372. The lowest BCUT2D eigenvalue weighted by Crippen LogP contribution is -2.10. The Balaban J connectivity index is 1.99. The molecule has 2 rings (SSSR count). The molecular weight excluding hydrogens is 178 g/mol. The number of hydrogen-bond acceptors (Lipinski definition) is 3. The Bertz CT molecular complexity index is 293. The molecule has 14 heavy (non-hydrogen) atoms. The van der Waals surface area contributed by atoms with E-state index in [4.69, 9.17) is 4.74 Å². The van der Waals surface area contributed by atoms with Crippen molar-refractivity contribution in [1.29, 1.82) is 0 Å². The predicted octanol–water partition coefficient (Wildman–Crippen LogP) is 1.04. The minimum Gasteiger partial charge on any atom is -0.497 e. The van der Waals surface area contributed by atoms with Gasteiger partial charge in [-0.2, -0.15) is 0 Å². The first-order chi connectivity index (χ1) is 6.79. The van der Waals surface area contributed by atoms with E-state index in [9.17, 15) is 5.11 Å². The number of aliphatic hydroxyl groups is 1. The third-order valence-electron chi connectivity index (χ3n) is 2.47. The summed E-state index contributed by atoms with van der Waals surface area (Å²) in [5, 5.41) is 9.81. The molecular formula is C11H15NO2. The maximum atomic E-state index is 9.81. The Labute approximate surface area is 83.9 Å². The molecule has 0 bridgehead atoms. The summed E-state index contributed by atoms with van der Waals surface area (Å²) in [5.41, 5.74) is 0.956. The molecule has 1 atom stereocenters. The largest absolute Gasteiger partial charge is 0.497 e. The molecule has 1 aromatic carbocycles. The average molecular weight is 193 g/mol. The van der Waals surface area contributed by atoms with E-state index in [1.807, 2.05) is 24.3 Å². The third kappa shape index (κ3) is 2.25. The van der Waals surface area contributed by atoms with Gasteiger partial charge >= 0.3 is 0 Å². The number of methoxy groups -OCH3 is 1. The van der Waals surface area contributed by atoms with Crippen molar-refractivity contribution >= 4 is 0 Å². The SMILES string of the molecule is COc1ccc(C(O)CN2CC2)cc1. The van der Waals surface area contributed by atoms with Gasteiger partial charge in [-0.15, -0.1) is 0 Å². The molecule has 0 radical (unpaired) electrons. The normalized spacial score (nSPS) is 17.9. The Kier molecular flexibility index (Phi) is 2.70. The number of nitrogens with zero attached hydrogens (tertiary/aromatic N) is 1. The maximum Gasteiger partial charge on any atom is 0.118 e. The zero-order valence-corrected chi connectivity index (χ0v) is 8.31. The van der Waals surface area contributed by atoms with Crippen molar-refractivity contribution in [3.8, 4) is 5.75 Å². The number of aliphatic hydroxyl groups excluding tert-OH is 1. The van der Waals surface area contributed by atoms with Crippen molar-refractivity contribution in [3.05, 3.63) is 29.8 Å². The summed E-state index contributed by atoms with van der Waals surface area (Å²) >= 11 is 0. The molecule has 1 aromatic rings. The number of hydrogen-bond donors (Lipinski definition) is 1. The first kappa shape index (κ1) is 9.49. The van der Waals surface area contributed by atoms with Crippen LogP contribution in [0, 0.1) is 0 Å². The van der Waals surface area contributed by atoms with Gasteiger partial charge in [0.05, 0.1) is 13.2 Å². The van der Waals surface area contributed by atoms with E-state index in [1.165, 1.54) is 0 Å². The topological polar surface area (TPSA) is 32.5 Å². The molecule has 0 saturated carbocycles. The number of benzene rings is 1. The molecule has 1 fully saturated rings. The second kappa shape index (κ2) is 3.98. The number of ether oxygens (including phenoxy) is 1. The highest BCUT2D eigenvalue weighted by molar-refractivity contribution is 5.28. The molecule has 1 aliphatic heterocycles. The van der Waals surface area contributed by atoms with Crippen molar-refractivity contribution in [2.45, 2.75) is 6.10 Å². The maximum absolute atomic E-state index is 9.81. The zero-order valence-electron chi connectivity index (χ0n) is 8.31. The molecule has 1 unspecified atom stereocenters. The van der Waals surface area contributed by atoms with Gasteiger partial charge in [-0.05, 0) is 17.7 Å². The fourth-order valence-electron chi connectivity index (χ4n) is 1.43. The van der Waals surface area contributed by atoms with Gasteiger partial charge in [-0.25, -0.2) is 0 Å². The highest BCUT2D eigenvalue weighted by Gasteiger charge is 2.21. The fraction of sp³-hybridized carbons (Fsp3) is 0.455. The summed E-state index contributed by atoms with van der Waals surface area (Å²) in [5.74, 6) is 0.827. The van der Waals surface area contributed by atoms with Crippen molar-refractivity contribution in [1.82, 2.24) is 4.90 Å². The molecule has 1 N–H and O–H groups in total. The molecule has 1 aliphatic rings. The van der Waals surface area contributed by atoms with Crippen molar-refractivity contribution in [2.75, 3.05) is 26.7 Å². The van der Waals surface area contributed by atoms with Gasteiger partial charge in [0.2, 0.25) is 0 Å². The summed E-state index contributed by atoms with van der Waals surface area (Å²) in [6.07, 6.45) is -0.372. The van der Waals surface area contributed by atoms with Crippen LogP contribution in [-0.2, 0) is 0 Å². The Morgan fingerprint density at radius 2 is 2.00 bits per heavy atom. The van der Waals surface area contributed by atoms with Crippen LogP contribution in [0.4, 0.5) is 0 Å². The smallest absolute Gasteiger partial charge is 0.118 e. The predicted molar refractivity (Wildman–Crippen MR) is 54.4 cm³/mol. The Morgan fingerprint density at radius 1 is 1.36 bits per heavy atom. The van der Waals surface area contributed by atoms with Crippen LogP contribution in [0.25, 0.3) is 0 Å². The molecule has 3 heteroatoms. The lowest BCUT2D eigenvalue weighted by atomic mass is 10.1. The molecule has 1 saturated heterocycles. The van der Waals surface area contributed by atoms with Crippen LogP contribution in [0.15, 0.2) is 24.3 Å².